The highest BCUT2D eigenvalue weighted by Crippen LogP contribution is 2.51. The maximum absolute atomic E-state index is 14.3. The van der Waals surface area contributed by atoms with Crippen molar-refractivity contribution in [3.63, 3.8) is 0 Å². The van der Waals surface area contributed by atoms with E-state index in [1.807, 2.05) is 43.7 Å². The van der Waals surface area contributed by atoms with Crippen LogP contribution in [-0.4, -0.2) is 47.3 Å². The molecule has 0 radical (unpaired) electrons. The first kappa shape index (κ1) is 31.5. The normalized spacial score (nSPS) is 20.3. The van der Waals surface area contributed by atoms with E-state index < -0.39 is 9.84 Å². The number of hydrogen-bond donors (Lipinski definition) is 1. The number of sulfone groups is 1. The number of rotatable bonds is 8. The fourth-order valence-electron chi connectivity index (χ4n) is 7.83. The van der Waals surface area contributed by atoms with Gasteiger partial charge in [-0.3, -0.25) is 15.0 Å². The van der Waals surface area contributed by atoms with E-state index in [-0.39, 0.29) is 23.6 Å². The highest BCUT2D eigenvalue weighted by atomic mass is 32.2. The monoisotopic (exact) mass is 679 g/mol. The van der Waals surface area contributed by atoms with Gasteiger partial charge < -0.3 is 10.1 Å². The summed E-state index contributed by atoms with van der Waals surface area (Å²) < 4.78 is 35.2. The molecule has 0 saturated carbocycles. The van der Waals surface area contributed by atoms with Crippen LogP contribution in [0.25, 0.3) is 31.7 Å². The summed E-state index contributed by atoms with van der Waals surface area (Å²) in [6, 6.07) is 12.5. The highest BCUT2D eigenvalue weighted by Gasteiger charge is 2.42. The van der Waals surface area contributed by atoms with Crippen molar-refractivity contribution in [1.82, 2.24) is 19.9 Å². The molecule has 248 valence electrons. The number of pyridine rings is 4. The number of anilines is 1. The van der Waals surface area contributed by atoms with E-state index in [2.05, 4.69) is 47.3 Å². The zero-order valence-corrected chi connectivity index (χ0v) is 29.3. The molecule has 0 aromatic carbocycles. The predicted molar refractivity (Wildman–Crippen MR) is 191 cm³/mol. The Labute approximate surface area is 286 Å². The second kappa shape index (κ2) is 12.6. The number of hydrogen-bond acceptors (Lipinski definition) is 9. The van der Waals surface area contributed by atoms with Crippen LogP contribution in [0, 0.1) is 18.8 Å². The summed E-state index contributed by atoms with van der Waals surface area (Å²) in [6.07, 6.45) is 11.3. The summed E-state index contributed by atoms with van der Waals surface area (Å²) in [6.45, 7) is 7.80. The summed E-state index contributed by atoms with van der Waals surface area (Å²) in [5.41, 5.74) is 7.63. The molecule has 1 N–H and O–H groups in total. The predicted octanol–water partition coefficient (Wildman–Crippen LogP) is 8.11. The summed E-state index contributed by atoms with van der Waals surface area (Å²) in [4.78, 5) is 20.6. The third-order valence-corrected chi connectivity index (χ3v) is 13.4. The van der Waals surface area contributed by atoms with Gasteiger partial charge in [0.1, 0.15) is 5.82 Å². The third kappa shape index (κ3) is 5.71. The maximum atomic E-state index is 14.3. The Morgan fingerprint density at radius 1 is 1.00 bits per heavy atom. The van der Waals surface area contributed by atoms with Crippen molar-refractivity contribution in [2.24, 2.45) is 11.8 Å². The van der Waals surface area contributed by atoms with E-state index in [1.165, 1.54) is 5.56 Å². The lowest BCUT2D eigenvalue weighted by atomic mass is 9.87. The van der Waals surface area contributed by atoms with Gasteiger partial charge in [-0.15, -0.1) is 11.3 Å². The van der Waals surface area contributed by atoms with Crippen molar-refractivity contribution < 1.29 is 13.2 Å². The molecular weight excluding hydrogens is 639 g/mol. The number of nitrogens with zero attached hydrogens (tertiary/aromatic N) is 4. The van der Waals surface area contributed by atoms with E-state index >= 15 is 0 Å². The topological polar surface area (TPSA) is 107 Å². The summed E-state index contributed by atoms with van der Waals surface area (Å²) >= 11 is 1.62. The van der Waals surface area contributed by atoms with Crippen LogP contribution in [-0.2, 0) is 27.4 Å². The quantitative estimate of drug-likeness (QED) is 0.175. The molecule has 0 amide bonds. The average molecular weight is 680 g/mol. The van der Waals surface area contributed by atoms with Crippen molar-refractivity contribution in [2.45, 2.75) is 76.2 Å². The second-order valence-electron chi connectivity index (χ2n) is 13.9. The van der Waals surface area contributed by atoms with Gasteiger partial charge in [0.05, 0.1) is 27.1 Å². The van der Waals surface area contributed by atoms with Gasteiger partial charge in [0.25, 0.3) is 0 Å². The van der Waals surface area contributed by atoms with E-state index in [1.54, 1.807) is 11.3 Å². The average Bonchev–Trinajstić information content (AvgIpc) is 3.78. The number of ether oxygens (including phenoxy) is 1. The van der Waals surface area contributed by atoms with Crippen LogP contribution in [0.4, 0.5) is 5.82 Å². The smallest absolute Gasteiger partial charge is 0.181 e. The molecule has 2 aliphatic heterocycles. The maximum Gasteiger partial charge on any atom is 0.181 e. The van der Waals surface area contributed by atoms with Crippen LogP contribution in [0.1, 0.15) is 79.8 Å². The lowest BCUT2D eigenvalue weighted by molar-refractivity contribution is 0.0639. The number of aryl methyl sites for hydroxylation is 3. The molecule has 1 aliphatic carbocycles. The Balaban J connectivity index is 1.33. The minimum atomic E-state index is -3.60. The molecule has 48 heavy (non-hydrogen) atoms. The lowest BCUT2D eigenvalue weighted by Crippen LogP contribution is -2.17. The number of thiophene rings is 1. The van der Waals surface area contributed by atoms with Crippen LogP contribution in [0.3, 0.4) is 0 Å². The fourth-order valence-corrected chi connectivity index (χ4v) is 11.3. The second-order valence-corrected chi connectivity index (χ2v) is 16.9. The largest absolute Gasteiger partial charge is 0.381 e. The van der Waals surface area contributed by atoms with Gasteiger partial charge in [0.2, 0.25) is 0 Å². The Morgan fingerprint density at radius 3 is 2.65 bits per heavy atom. The molecule has 5 aromatic heterocycles. The van der Waals surface area contributed by atoms with Crippen LogP contribution < -0.4 is 5.32 Å². The fraction of sp³-hybridized carbons (Fsp3) is 0.421. The SMILES string of the molecule is Cc1cc(-c2c(CCC3CCOCC3)nc3c(c2-c2cc4ccnc(N[C@H]5CCc6ncccc65)c4s2)S(=O)(=O)C[C@H]3C(C)C)ccn1. The van der Waals surface area contributed by atoms with Crippen LogP contribution in [0.15, 0.2) is 59.9 Å². The molecule has 0 spiro atoms. The standard InChI is InChI=1S/C38H41N5O3S2/c1-22(2)28-21-48(44,45)37-34(32-20-26-11-16-41-38(36(26)47-32)43-30-9-8-29-27(30)5-4-14-40-29)33(25-10-15-39-23(3)19-25)31(42-35(28)37)7-6-24-12-17-46-18-13-24/h4-5,10-11,14-16,19-20,22,24,28,30H,6-9,12-13,17-18,21H2,1-3H3,(H,41,43)/t28-,30-/m0/s1. The van der Waals surface area contributed by atoms with Gasteiger partial charge in [-0.2, -0.15) is 0 Å². The summed E-state index contributed by atoms with van der Waals surface area (Å²) in [7, 11) is -3.60. The molecule has 8 nitrogen and oxygen atoms in total. The Bertz CT molecular complexity index is 2120. The minimum absolute atomic E-state index is 0.0899. The molecule has 3 aliphatic rings. The first-order valence-electron chi connectivity index (χ1n) is 17.2. The molecule has 5 aromatic rings. The number of fused-ring (bicyclic) bond motifs is 3. The van der Waals surface area contributed by atoms with Gasteiger partial charge in [-0.25, -0.2) is 13.4 Å². The first-order valence-corrected chi connectivity index (χ1v) is 19.6. The summed E-state index contributed by atoms with van der Waals surface area (Å²) in [5.74, 6) is 1.47. The van der Waals surface area contributed by atoms with Gasteiger partial charge in [0.15, 0.2) is 9.84 Å². The Kier molecular flexibility index (Phi) is 8.29. The van der Waals surface area contributed by atoms with Crippen molar-refractivity contribution in [3.8, 4) is 21.6 Å². The molecule has 0 unspecified atom stereocenters. The van der Waals surface area contributed by atoms with Gasteiger partial charge in [-0.1, -0.05) is 19.9 Å². The third-order valence-electron chi connectivity index (χ3n) is 10.4. The summed E-state index contributed by atoms with van der Waals surface area (Å²) in [5, 5.41) is 4.77. The van der Waals surface area contributed by atoms with Crippen molar-refractivity contribution in [1.29, 1.82) is 0 Å². The van der Waals surface area contributed by atoms with E-state index in [0.29, 0.717) is 10.8 Å². The minimum Gasteiger partial charge on any atom is -0.381 e. The molecule has 0 bridgehead atoms. The van der Waals surface area contributed by atoms with Crippen LogP contribution in [0.2, 0.25) is 0 Å². The molecule has 8 rings (SSSR count). The first-order chi connectivity index (χ1) is 23.3. The van der Waals surface area contributed by atoms with E-state index in [9.17, 15) is 8.42 Å². The zero-order valence-electron chi connectivity index (χ0n) is 27.7. The zero-order chi connectivity index (χ0) is 33.0. The number of aromatic nitrogens is 4. The molecule has 7 heterocycles. The van der Waals surface area contributed by atoms with E-state index in [0.717, 1.165) is 112 Å². The molecule has 2 atom stereocenters. The van der Waals surface area contributed by atoms with Crippen molar-refractivity contribution >= 4 is 37.1 Å². The molecule has 10 heteroatoms. The molecular formula is C38H41N5O3S2. The van der Waals surface area contributed by atoms with Crippen LogP contribution >= 0.6 is 11.3 Å². The molecule has 1 fully saturated rings. The van der Waals surface area contributed by atoms with E-state index in [4.69, 9.17) is 14.7 Å². The Morgan fingerprint density at radius 2 is 1.83 bits per heavy atom. The highest BCUT2D eigenvalue weighted by molar-refractivity contribution is 7.92. The van der Waals surface area contributed by atoms with Gasteiger partial charge in [-0.05, 0) is 104 Å². The Hall–Kier alpha value is -3.73. The van der Waals surface area contributed by atoms with Gasteiger partial charge in [0, 0.05) is 70.8 Å². The van der Waals surface area contributed by atoms with Gasteiger partial charge >= 0.3 is 0 Å². The lowest BCUT2D eigenvalue weighted by Gasteiger charge is -2.24. The van der Waals surface area contributed by atoms with Crippen molar-refractivity contribution in [3.05, 3.63) is 83.3 Å². The van der Waals surface area contributed by atoms with Crippen molar-refractivity contribution in [2.75, 3.05) is 24.3 Å². The molecule has 1 saturated heterocycles. The van der Waals surface area contributed by atoms with Crippen LogP contribution in [0.5, 0.6) is 0 Å². The number of nitrogens with one attached hydrogen (secondary N) is 1.